The first-order valence-corrected chi connectivity index (χ1v) is 7.52. The Hall–Kier alpha value is -1.95. The van der Waals surface area contributed by atoms with Crippen LogP contribution < -0.4 is 4.72 Å². The Balaban J connectivity index is 2.21. The highest BCUT2D eigenvalue weighted by molar-refractivity contribution is 7.91. The zero-order valence-corrected chi connectivity index (χ0v) is 11.5. The van der Waals surface area contributed by atoms with Crippen molar-refractivity contribution in [2.45, 2.75) is 12.7 Å². The van der Waals surface area contributed by atoms with Gasteiger partial charge in [-0.1, -0.05) is 29.8 Å². The van der Waals surface area contributed by atoms with Gasteiger partial charge < -0.3 is 0 Å². The molecule has 0 aromatic heterocycles. The Morgan fingerprint density at radius 1 is 1.10 bits per heavy atom. The smallest absolute Gasteiger partial charge is 0.237 e. The van der Waals surface area contributed by atoms with Crippen LogP contribution in [-0.2, 0) is 15.8 Å². The molecule has 1 N–H and O–H groups in total. The molecule has 3 nitrogen and oxygen atoms in total. The van der Waals surface area contributed by atoms with Crippen LogP contribution in [0, 0.1) is 18.6 Å². The van der Waals surface area contributed by atoms with Crippen molar-refractivity contribution in [3.8, 4) is 0 Å². The van der Waals surface area contributed by atoms with Crippen LogP contribution in [0.15, 0.2) is 42.5 Å². The van der Waals surface area contributed by atoms with Gasteiger partial charge in [0.15, 0.2) is 0 Å². The first-order chi connectivity index (χ1) is 9.35. The number of hydrogen-bond donors (Lipinski definition) is 1. The molecule has 20 heavy (non-hydrogen) atoms. The van der Waals surface area contributed by atoms with Crippen LogP contribution in [0.2, 0.25) is 0 Å². The van der Waals surface area contributed by atoms with Gasteiger partial charge in [0.1, 0.15) is 11.6 Å². The highest BCUT2D eigenvalue weighted by Gasteiger charge is 2.15. The SMILES string of the molecule is Cc1cccc(CS(=O)(=O)Nc2cc(F)ccc2F)c1. The summed E-state index contributed by atoms with van der Waals surface area (Å²) in [5.41, 5.74) is 1.11. The highest BCUT2D eigenvalue weighted by Crippen LogP contribution is 2.18. The number of aryl methyl sites for hydroxylation is 1. The Morgan fingerprint density at radius 3 is 2.55 bits per heavy atom. The van der Waals surface area contributed by atoms with E-state index in [1.165, 1.54) is 0 Å². The van der Waals surface area contributed by atoms with Gasteiger partial charge in [-0.3, -0.25) is 4.72 Å². The van der Waals surface area contributed by atoms with Crippen LogP contribution in [0.1, 0.15) is 11.1 Å². The Bertz CT molecular complexity index is 730. The van der Waals surface area contributed by atoms with Crippen LogP contribution >= 0.6 is 0 Å². The van der Waals surface area contributed by atoms with E-state index < -0.39 is 27.3 Å². The fourth-order valence-electron chi connectivity index (χ4n) is 1.80. The summed E-state index contributed by atoms with van der Waals surface area (Å²) >= 11 is 0. The predicted octanol–water partition coefficient (Wildman–Crippen LogP) is 3.22. The second-order valence-electron chi connectivity index (χ2n) is 4.47. The molecule has 2 aromatic carbocycles. The third-order valence-electron chi connectivity index (χ3n) is 2.63. The highest BCUT2D eigenvalue weighted by atomic mass is 32.2. The molecule has 0 saturated carbocycles. The average Bonchev–Trinajstić information content (AvgIpc) is 2.33. The van der Waals surface area contributed by atoms with Gasteiger partial charge in [-0.2, -0.15) is 0 Å². The summed E-state index contributed by atoms with van der Waals surface area (Å²) in [5.74, 6) is -1.83. The van der Waals surface area contributed by atoms with Gasteiger partial charge in [0.2, 0.25) is 10.0 Å². The van der Waals surface area contributed by atoms with Crippen LogP contribution in [0.3, 0.4) is 0 Å². The number of hydrogen-bond acceptors (Lipinski definition) is 2. The first-order valence-electron chi connectivity index (χ1n) is 5.87. The number of anilines is 1. The standard InChI is InChI=1S/C14H13F2NO2S/c1-10-3-2-4-11(7-10)9-20(18,19)17-14-8-12(15)5-6-13(14)16/h2-8,17H,9H2,1H3. The van der Waals surface area contributed by atoms with E-state index in [9.17, 15) is 17.2 Å². The van der Waals surface area contributed by atoms with E-state index in [1.54, 1.807) is 18.2 Å². The van der Waals surface area contributed by atoms with Crippen molar-refractivity contribution in [1.29, 1.82) is 0 Å². The minimum absolute atomic E-state index is 0.301. The van der Waals surface area contributed by atoms with Gasteiger partial charge in [0.05, 0.1) is 11.4 Å². The summed E-state index contributed by atoms with van der Waals surface area (Å²) in [4.78, 5) is 0. The van der Waals surface area contributed by atoms with Gasteiger partial charge in [0.25, 0.3) is 0 Å². The molecular formula is C14H13F2NO2S. The lowest BCUT2D eigenvalue weighted by Crippen LogP contribution is -2.16. The largest absolute Gasteiger partial charge is 0.280 e. The molecule has 2 aromatic rings. The van der Waals surface area contributed by atoms with Crippen molar-refractivity contribution in [2.24, 2.45) is 0 Å². The molecule has 0 aliphatic heterocycles. The lowest BCUT2D eigenvalue weighted by Gasteiger charge is -2.09. The van der Waals surface area contributed by atoms with Crippen molar-refractivity contribution in [2.75, 3.05) is 4.72 Å². The fraction of sp³-hybridized carbons (Fsp3) is 0.143. The van der Waals surface area contributed by atoms with Crippen molar-refractivity contribution < 1.29 is 17.2 Å². The molecule has 2 rings (SSSR count). The molecule has 0 unspecified atom stereocenters. The lowest BCUT2D eigenvalue weighted by atomic mass is 10.2. The second-order valence-corrected chi connectivity index (χ2v) is 6.20. The molecule has 0 aliphatic carbocycles. The van der Waals surface area contributed by atoms with Crippen molar-refractivity contribution in [3.05, 3.63) is 65.2 Å². The number of halogens is 2. The van der Waals surface area contributed by atoms with E-state index in [0.717, 1.165) is 23.8 Å². The summed E-state index contributed by atoms with van der Waals surface area (Å²) in [6.07, 6.45) is 0. The zero-order chi connectivity index (χ0) is 14.8. The minimum atomic E-state index is -3.80. The summed E-state index contributed by atoms with van der Waals surface area (Å²) < 4.78 is 52.4. The fourth-order valence-corrected chi connectivity index (χ4v) is 2.98. The zero-order valence-electron chi connectivity index (χ0n) is 10.7. The first kappa shape index (κ1) is 14.5. The molecule has 0 amide bonds. The third-order valence-corrected chi connectivity index (χ3v) is 3.88. The average molecular weight is 297 g/mol. The molecule has 0 saturated heterocycles. The summed E-state index contributed by atoms with van der Waals surface area (Å²) in [7, 11) is -3.80. The van der Waals surface area contributed by atoms with E-state index in [-0.39, 0.29) is 5.75 Å². The Labute approximate surface area is 116 Å². The van der Waals surface area contributed by atoms with Gasteiger partial charge in [0, 0.05) is 6.07 Å². The molecule has 6 heteroatoms. The van der Waals surface area contributed by atoms with Crippen LogP contribution in [-0.4, -0.2) is 8.42 Å². The molecule has 0 radical (unpaired) electrons. The van der Waals surface area contributed by atoms with Crippen molar-refractivity contribution in [1.82, 2.24) is 0 Å². The minimum Gasteiger partial charge on any atom is -0.280 e. The number of sulfonamides is 1. The van der Waals surface area contributed by atoms with Gasteiger partial charge >= 0.3 is 0 Å². The summed E-state index contributed by atoms with van der Waals surface area (Å²) in [6.45, 7) is 1.84. The predicted molar refractivity (Wildman–Crippen MR) is 73.8 cm³/mol. The molecule has 0 fully saturated rings. The van der Waals surface area contributed by atoms with E-state index in [4.69, 9.17) is 0 Å². The Morgan fingerprint density at radius 2 is 1.85 bits per heavy atom. The summed E-state index contributed by atoms with van der Waals surface area (Å²) in [6, 6.07) is 9.57. The normalized spacial score (nSPS) is 11.3. The third kappa shape index (κ3) is 3.77. The number of rotatable bonds is 4. The van der Waals surface area contributed by atoms with E-state index >= 15 is 0 Å². The van der Waals surface area contributed by atoms with E-state index in [2.05, 4.69) is 4.72 Å². The molecule has 0 spiro atoms. The molecular weight excluding hydrogens is 284 g/mol. The monoisotopic (exact) mass is 297 g/mol. The van der Waals surface area contributed by atoms with Gasteiger partial charge in [-0.25, -0.2) is 17.2 Å². The number of nitrogens with one attached hydrogen (secondary N) is 1. The van der Waals surface area contributed by atoms with Crippen LogP contribution in [0.25, 0.3) is 0 Å². The van der Waals surface area contributed by atoms with E-state index in [0.29, 0.717) is 5.56 Å². The maximum atomic E-state index is 13.4. The van der Waals surface area contributed by atoms with Crippen molar-refractivity contribution in [3.63, 3.8) is 0 Å². The Kier molecular flexibility index (Phi) is 4.04. The van der Waals surface area contributed by atoms with Crippen LogP contribution in [0.4, 0.5) is 14.5 Å². The maximum Gasteiger partial charge on any atom is 0.237 e. The van der Waals surface area contributed by atoms with Gasteiger partial charge in [-0.15, -0.1) is 0 Å². The maximum absolute atomic E-state index is 13.4. The van der Waals surface area contributed by atoms with Crippen LogP contribution in [0.5, 0.6) is 0 Å². The van der Waals surface area contributed by atoms with Gasteiger partial charge in [-0.05, 0) is 24.6 Å². The topological polar surface area (TPSA) is 46.2 Å². The van der Waals surface area contributed by atoms with E-state index in [1.807, 2.05) is 13.0 Å². The molecule has 0 heterocycles. The second kappa shape index (κ2) is 5.58. The molecule has 106 valence electrons. The lowest BCUT2D eigenvalue weighted by molar-refractivity contribution is 0.594. The molecule has 0 aliphatic rings. The summed E-state index contributed by atoms with van der Waals surface area (Å²) in [5, 5.41) is 0. The number of benzene rings is 2. The van der Waals surface area contributed by atoms with Crippen molar-refractivity contribution >= 4 is 15.7 Å². The molecule has 0 atom stereocenters. The quantitative estimate of drug-likeness (QED) is 0.942. The molecule has 0 bridgehead atoms.